The fourth-order valence-electron chi connectivity index (χ4n) is 4.93. The minimum Gasteiger partial charge on any atom is -0.340 e. The first-order chi connectivity index (χ1) is 17.3. The van der Waals surface area contributed by atoms with Crippen molar-refractivity contribution in [2.75, 3.05) is 26.2 Å². The van der Waals surface area contributed by atoms with Gasteiger partial charge in [0.25, 0.3) is 5.56 Å². The molecule has 4 heterocycles. The molecule has 1 aliphatic heterocycles. The molecule has 3 aromatic heterocycles. The molecule has 36 heavy (non-hydrogen) atoms. The van der Waals surface area contributed by atoms with E-state index in [1.807, 2.05) is 57.0 Å². The van der Waals surface area contributed by atoms with Crippen molar-refractivity contribution in [2.45, 2.75) is 40.2 Å². The average molecular weight is 490 g/mol. The summed E-state index contributed by atoms with van der Waals surface area (Å²) in [6, 6.07) is 8.02. The highest BCUT2D eigenvalue weighted by molar-refractivity contribution is 5.83. The number of pyridine rings is 1. The van der Waals surface area contributed by atoms with E-state index in [-0.39, 0.29) is 11.5 Å². The number of nitrogens with one attached hydrogen (secondary N) is 1. The standard InChI is InChI=1S/C26H31N7O3/c1-16-5-7-19(8-6-16)24-27-21(36-30-24)15-32-11-13-33(14-12-32)22(34)10-9-20-17(2)23-18(3)29-31(4)25(23)28-26(20)35/h5-8H,9-15H2,1-4H3,(H,28,35). The molecule has 0 spiro atoms. The minimum absolute atomic E-state index is 0.0657. The number of piperazine rings is 1. The van der Waals surface area contributed by atoms with E-state index in [4.69, 9.17) is 4.52 Å². The topological polar surface area (TPSA) is 113 Å². The maximum Gasteiger partial charge on any atom is 0.253 e. The van der Waals surface area contributed by atoms with Gasteiger partial charge < -0.3 is 14.4 Å². The first-order valence-corrected chi connectivity index (χ1v) is 12.2. The Morgan fingerprint density at radius 3 is 2.53 bits per heavy atom. The van der Waals surface area contributed by atoms with Crippen LogP contribution in [0.2, 0.25) is 0 Å². The Bertz CT molecular complexity index is 1460. The summed E-state index contributed by atoms with van der Waals surface area (Å²) in [6.07, 6.45) is 0.715. The Morgan fingerprint density at radius 1 is 1.08 bits per heavy atom. The first-order valence-electron chi connectivity index (χ1n) is 12.2. The lowest BCUT2D eigenvalue weighted by Crippen LogP contribution is -2.48. The van der Waals surface area contributed by atoms with Crippen molar-refractivity contribution in [3.8, 4) is 11.4 Å². The van der Waals surface area contributed by atoms with Crippen LogP contribution in [-0.4, -0.2) is 66.8 Å². The summed E-state index contributed by atoms with van der Waals surface area (Å²) in [5, 5.41) is 9.48. The van der Waals surface area contributed by atoms with Gasteiger partial charge in [-0.2, -0.15) is 10.1 Å². The van der Waals surface area contributed by atoms with Crippen LogP contribution in [0.1, 0.15) is 34.7 Å². The van der Waals surface area contributed by atoms with E-state index in [9.17, 15) is 9.59 Å². The van der Waals surface area contributed by atoms with Gasteiger partial charge in [0.2, 0.25) is 17.6 Å². The lowest BCUT2D eigenvalue weighted by molar-refractivity contribution is -0.133. The van der Waals surface area contributed by atoms with E-state index in [1.165, 1.54) is 5.56 Å². The number of rotatable bonds is 6. The molecule has 10 heteroatoms. The molecule has 1 N–H and O–H groups in total. The third kappa shape index (κ3) is 4.68. The Morgan fingerprint density at radius 2 is 1.81 bits per heavy atom. The maximum atomic E-state index is 12.9. The second-order valence-corrected chi connectivity index (χ2v) is 9.52. The molecule has 0 aliphatic carbocycles. The average Bonchev–Trinajstić information content (AvgIpc) is 3.43. The lowest BCUT2D eigenvalue weighted by Gasteiger charge is -2.34. The van der Waals surface area contributed by atoms with Gasteiger partial charge in [0, 0.05) is 56.2 Å². The molecule has 1 fully saturated rings. The minimum atomic E-state index is -0.148. The molecule has 0 saturated carbocycles. The van der Waals surface area contributed by atoms with E-state index < -0.39 is 0 Å². The van der Waals surface area contributed by atoms with Crippen LogP contribution in [0.3, 0.4) is 0 Å². The zero-order valence-corrected chi connectivity index (χ0v) is 21.2. The van der Waals surface area contributed by atoms with Crippen molar-refractivity contribution < 1.29 is 9.32 Å². The van der Waals surface area contributed by atoms with E-state index >= 15 is 0 Å². The molecular weight excluding hydrogens is 458 g/mol. The molecule has 10 nitrogen and oxygen atoms in total. The second-order valence-electron chi connectivity index (χ2n) is 9.52. The molecule has 1 saturated heterocycles. The van der Waals surface area contributed by atoms with Crippen molar-refractivity contribution in [3.63, 3.8) is 0 Å². The predicted octanol–water partition coefficient (Wildman–Crippen LogP) is 2.51. The molecule has 0 bridgehead atoms. The number of fused-ring (bicyclic) bond motifs is 1. The smallest absolute Gasteiger partial charge is 0.253 e. The summed E-state index contributed by atoms with van der Waals surface area (Å²) in [6.45, 7) is 9.19. The number of hydrogen-bond donors (Lipinski definition) is 1. The van der Waals surface area contributed by atoms with E-state index in [0.29, 0.717) is 55.4 Å². The Hall–Kier alpha value is -3.79. The van der Waals surface area contributed by atoms with E-state index in [1.54, 1.807) is 4.68 Å². The van der Waals surface area contributed by atoms with Crippen LogP contribution in [-0.2, 0) is 24.8 Å². The van der Waals surface area contributed by atoms with Gasteiger partial charge in [-0.25, -0.2) is 0 Å². The van der Waals surface area contributed by atoms with Crippen molar-refractivity contribution in [3.05, 3.63) is 62.9 Å². The van der Waals surface area contributed by atoms with Gasteiger partial charge in [-0.1, -0.05) is 35.0 Å². The normalized spacial score (nSPS) is 14.6. The van der Waals surface area contributed by atoms with Crippen LogP contribution < -0.4 is 5.56 Å². The van der Waals surface area contributed by atoms with Gasteiger partial charge >= 0.3 is 0 Å². The van der Waals surface area contributed by atoms with Crippen LogP contribution in [0.5, 0.6) is 0 Å². The number of carbonyl (C=O) groups is 1. The second kappa shape index (κ2) is 9.69. The number of amides is 1. The summed E-state index contributed by atoms with van der Waals surface area (Å²) in [5.41, 5.74) is 5.11. The number of aromatic nitrogens is 5. The summed E-state index contributed by atoms with van der Waals surface area (Å²) < 4.78 is 7.14. The first kappa shape index (κ1) is 23.9. The summed E-state index contributed by atoms with van der Waals surface area (Å²) in [5.74, 6) is 1.22. The number of aromatic amines is 1. The van der Waals surface area contributed by atoms with Gasteiger partial charge in [-0.3, -0.25) is 19.2 Å². The van der Waals surface area contributed by atoms with E-state index in [0.717, 1.165) is 35.3 Å². The summed E-state index contributed by atoms with van der Waals surface area (Å²) in [4.78, 5) is 37.1. The summed E-state index contributed by atoms with van der Waals surface area (Å²) in [7, 11) is 1.81. The lowest BCUT2D eigenvalue weighted by atomic mass is 10.0. The molecular formula is C26H31N7O3. The summed E-state index contributed by atoms with van der Waals surface area (Å²) >= 11 is 0. The van der Waals surface area contributed by atoms with Gasteiger partial charge in [0.05, 0.1) is 12.2 Å². The van der Waals surface area contributed by atoms with Gasteiger partial charge in [-0.05, 0) is 32.8 Å². The highest BCUT2D eigenvalue weighted by atomic mass is 16.5. The Kier molecular flexibility index (Phi) is 6.44. The zero-order chi connectivity index (χ0) is 25.4. The zero-order valence-electron chi connectivity index (χ0n) is 21.2. The molecule has 1 aliphatic rings. The highest BCUT2D eigenvalue weighted by Crippen LogP contribution is 2.22. The van der Waals surface area contributed by atoms with Crippen molar-refractivity contribution in [1.29, 1.82) is 0 Å². The number of aryl methyl sites for hydroxylation is 4. The number of nitrogens with zero attached hydrogens (tertiary/aromatic N) is 6. The quantitative estimate of drug-likeness (QED) is 0.443. The monoisotopic (exact) mass is 489 g/mol. The largest absolute Gasteiger partial charge is 0.340 e. The number of benzene rings is 1. The fraction of sp³-hybridized carbons (Fsp3) is 0.423. The Balaban J connectivity index is 1.15. The SMILES string of the molecule is Cc1ccc(-c2noc(CN3CCN(C(=O)CCc4c(C)c5c(C)nn(C)c5[nH]c4=O)CC3)n2)cc1. The van der Waals surface area contributed by atoms with Crippen molar-refractivity contribution in [1.82, 2.24) is 34.7 Å². The maximum absolute atomic E-state index is 12.9. The van der Waals surface area contributed by atoms with Gasteiger partial charge in [-0.15, -0.1) is 0 Å². The predicted molar refractivity (Wildman–Crippen MR) is 135 cm³/mol. The molecule has 1 aromatic carbocycles. The number of hydrogen-bond acceptors (Lipinski definition) is 7. The molecule has 5 rings (SSSR count). The molecule has 0 radical (unpaired) electrons. The van der Waals surface area contributed by atoms with Crippen LogP contribution in [0.15, 0.2) is 33.6 Å². The molecule has 0 unspecified atom stereocenters. The van der Waals surface area contributed by atoms with Crippen LogP contribution in [0, 0.1) is 20.8 Å². The third-order valence-corrected chi connectivity index (χ3v) is 7.01. The fourth-order valence-corrected chi connectivity index (χ4v) is 4.93. The highest BCUT2D eigenvalue weighted by Gasteiger charge is 2.23. The van der Waals surface area contributed by atoms with Crippen LogP contribution in [0.25, 0.3) is 22.4 Å². The number of H-pyrrole nitrogens is 1. The van der Waals surface area contributed by atoms with Crippen LogP contribution in [0.4, 0.5) is 0 Å². The van der Waals surface area contributed by atoms with Gasteiger partial charge in [0.1, 0.15) is 5.65 Å². The molecule has 1 amide bonds. The molecule has 0 atom stereocenters. The molecule has 4 aromatic rings. The Labute approximate surface area is 208 Å². The third-order valence-electron chi connectivity index (χ3n) is 7.01. The van der Waals surface area contributed by atoms with Crippen LogP contribution >= 0.6 is 0 Å². The van der Waals surface area contributed by atoms with E-state index in [2.05, 4.69) is 25.1 Å². The van der Waals surface area contributed by atoms with Crippen molar-refractivity contribution in [2.24, 2.45) is 7.05 Å². The van der Waals surface area contributed by atoms with Gasteiger partial charge in [0.15, 0.2) is 0 Å². The van der Waals surface area contributed by atoms with Crippen molar-refractivity contribution >= 4 is 16.9 Å². The molecule has 188 valence electrons. The number of carbonyl (C=O) groups excluding carboxylic acids is 1.